The maximum atomic E-state index is 4.14. The van der Waals surface area contributed by atoms with Crippen molar-refractivity contribution in [2.45, 2.75) is 0 Å². The van der Waals surface area contributed by atoms with Crippen molar-refractivity contribution >= 4 is 73.4 Å². The molecule has 2 rings (SSSR count). The van der Waals surface area contributed by atoms with E-state index in [1.165, 1.54) is 15.5 Å². The molecule has 0 radical (unpaired) electrons. The van der Waals surface area contributed by atoms with Gasteiger partial charge >= 0.3 is 0 Å². The summed E-state index contributed by atoms with van der Waals surface area (Å²) in [5.74, 6) is 0. The van der Waals surface area contributed by atoms with Gasteiger partial charge in [-0.15, -0.1) is 22.7 Å². The average Bonchev–Trinajstić information content (AvgIpc) is 2.73. The highest BCUT2D eigenvalue weighted by atomic mass is 127. The Morgan fingerprint density at radius 3 is 1.64 bits per heavy atom. The van der Waals surface area contributed by atoms with Crippen LogP contribution in [-0.4, -0.2) is 0 Å². The van der Waals surface area contributed by atoms with Crippen molar-refractivity contribution in [2.75, 3.05) is 0 Å². The minimum absolute atomic E-state index is 1.14. The molecule has 0 atom stereocenters. The zero-order valence-electron chi connectivity index (χ0n) is 7.09. The highest BCUT2D eigenvalue weighted by Crippen LogP contribution is 2.32. The van der Waals surface area contributed by atoms with E-state index in [9.17, 15) is 0 Å². The van der Waals surface area contributed by atoms with E-state index in [4.69, 9.17) is 0 Å². The van der Waals surface area contributed by atoms with Crippen LogP contribution in [0.4, 0.5) is 0 Å². The third-order valence-corrected chi connectivity index (χ3v) is 5.65. The van der Waals surface area contributed by atoms with Gasteiger partial charge in [-0.25, -0.2) is 0 Å². The second kappa shape index (κ2) is 4.63. The quantitative estimate of drug-likeness (QED) is 0.567. The van der Waals surface area contributed by atoms with Gasteiger partial charge in [0.2, 0.25) is 0 Å². The number of halogens is 2. The van der Waals surface area contributed by atoms with Crippen molar-refractivity contribution < 1.29 is 0 Å². The summed E-state index contributed by atoms with van der Waals surface area (Å²) in [7, 11) is 0. The van der Waals surface area contributed by atoms with Crippen LogP contribution in [0.3, 0.4) is 0 Å². The van der Waals surface area contributed by atoms with Crippen LogP contribution in [0.2, 0.25) is 0 Å². The monoisotopic (exact) mass is 444 g/mol. The fourth-order valence-corrected chi connectivity index (χ4v) is 4.35. The molecule has 0 nitrogen and oxygen atoms in total. The van der Waals surface area contributed by atoms with Gasteiger partial charge in [-0.2, -0.15) is 0 Å². The van der Waals surface area contributed by atoms with Crippen LogP contribution >= 0.6 is 67.9 Å². The minimum Gasteiger partial charge on any atom is -0.129 e. The van der Waals surface area contributed by atoms with Crippen molar-refractivity contribution in [1.82, 2.24) is 0 Å². The Balaban J connectivity index is 2.33. The SMILES string of the molecule is C=C(c1ccc(I)s1)c1ccc(I)s1. The molecule has 0 aliphatic heterocycles. The summed E-state index contributed by atoms with van der Waals surface area (Å²) < 4.78 is 2.62. The molecule has 0 saturated carbocycles. The predicted octanol–water partition coefficient (Wildman–Crippen LogP) is 5.08. The third kappa shape index (κ3) is 2.40. The van der Waals surface area contributed by atoms with Gasteiger partial charge in [0.1, 0.15) is 0 Å². The smallest absolute Gasteiger partial charge is 0.0660 e. The lowest BCUT2D eigenvalue weighted by atomic mass is 10.2. The van der Waals surface area contributed by atoms with E-state index >= 15 is 0 Å². The summed E-state index contributed by atoms with van der Waals surface area (Å²) in [6.45, 7) is 4.14. The van der Waals surface area contributed by atoms with Crippen molar-refractivity contribution in [3.63, 3.8) is 0 Å². The van der Waals surface area contributed by atoms with Gasteiger partial charge in [-0.05, 0) is 69.4 Å². The Morgan fingerprint density at radius 1 is 0.929 bits per heavy atom. The molecule has 72 valence electrons. The standard InChI is InChI=1S/C10H6I2S2/c1-6(7-2-4-9(11)13-7)8-3-5-10(12)14-8/h2-5H,1H2. The second-order valence-corrected chi connectivity index (χ2v) is 8.64. The molecule has 0 aliphatic carbocycles. The largest absolute Gasteiger partial charge is 0.129 e. The van der Waals surface area contributed by atoms with Crippen molar-refractivity contribution in [2.24, 2.45) is 0 Å². The summed E-state index contributed by atoms with van der Waals surface area (Å²) >= 11 is 8.26. The van der Waals surface area contributed by atoms with Gasteiger partial charge < -0.3 is 0 Å². The predicted molar refractivity (Wildman–Crippen MR) is 82.2 cm³/mol. The third-order valence-electron chi connectivity index (χ3n) is 1.74. The molecular weight excluding hydrogens is 438 g/mol. The molecule has 0 aliphatic rings. The Labute approximate surface area is 118 Å². The molecule has 0 fully saturated rings. The molecule has 0 N–H and O–H groups in total. The highest BCUT2D eigenvalue weighted by Gasteiger charge is 2.07. The van der Waals surface area contributed by atoms with E-state index in [0.717, 1.165) is 5.57 Å². The van der Waals surface area contributed by atoms with E-state index in [2.05, 4.69) is 76.0 Å². The summed E-state index contributed by atoms with van der Waals surface area (Å²) in [6.07, 6.45) is 0. The van der Waals surface area contributed by atoms with Gasteiger partial charge in [0.05, 0.1) is 5.77 Å². The molecule has 2 heterocycles. The number of hydrogen-bond donors (Lipinski definition) is 0. The second-order valence-electron chi connectivity index (χ2n) is 2.69. The zero-order valence-corrected chi connectivity index (χ0v) is 13.0. The Bertz CT molecular complexity index is 426. The van der Waals surface area contributed by atoms with Gasteiger partial charge in [0, 0.05) is 15.3 Å². The minimum atomic E-state index is 1.14. The molecular formula is C10H6I2S2. The lowest BCUT2D eigenvalue weighted by molar-refractivity contribution is 1.80. The fraction of sp³-hybridized carbons (Fsp3) is 0. The Kier molecular flexibility index (Phi) is 3.67. The number of rotatable bonds is 2. The highest BCUT2D eigenvalue weighted by molar-refractivity contribution is 14.1. The van der Waals surface area contributed by atoms with Crippen LogP contribution in [0.1, 0.15) is 9.75 Å². The molecule has 0 unspecified atom stereocenters. The fourth-order valence-electron chi connectivity index (χ4n) is 1.07. The molecule has 2 aromatic rings. The lowest BCUT2D eigenvalue weighted by Crippen LogP contribution is -1.74. The molecule has 14 heavy (non-hydrogen) atoms. The molecule has 0 aromatic carbocycles. The van der Waals surface area contributed by atoms with E-state index in [1.54, 1.807) is 22.7 Å². The van der Waals surface area contributed by atoms with Crippen molar-refractivity contribution in [3.8, 4) is 0 Å². The van der Waals surface area contributed by atoms with Gasteiger partial charge in [-0.1, -0.05) is 6.58 Å². The van der Waals surface area contributed by atoms with Gasteiger partial charge in [0.15, 0.2) is 0 Å². The topological polar surface area (TPSA) is 0 Å². The van der Waals surface area contributed by atoms with Gasteiger partial charge in [0.25, 0.3) is 0 Å². The molecule has 4 heteroatoms. The zero-order chi connectivity index (χ0) is 10.1. The van der Waals surface area contributed by atoms with Gasteiger partial charge in [-0.3, -0.25) is 0 Å². The maximum absolute atomic E-state index is 4.14. The first-order valence-corrected chi connectivity index (χ1v) is 7.66. The Morgan fingerprint density at radius 2 is 1.36 bits per heavy atom. The molecule has 0 spiro atoms. The van der Waals surface area contributed by atoms with Crippen LogP contribution in [0.5, 0.6) is 0 Å². The van der Waals surface area contributed by atoms with Crippen LogP contribution < -0.4 is 0 Å². The molecule has 2 aromatic heterocycles. The van der Waals surface area contributed by atoms with E-state index in [-0.39, 0.29) is 0 Å². The first-order chi connectivity index (χ1) is 6.66. The summed E-state index contributed by atoms with van der Waals surface area (Å²) in [6, 6.07) is 8.54. The van der Waals surface area contributed by atoms with E-state index in [0.29, 0.717) is 0 Å². The molecule has 0 saturated heterocycles. The van der Waals surface area contributed by atoms with Crippen molar-refractivity contribution in [3.05, 3.63) is 46.4 Å². The van der Waals surface area contributed by atoms with Crippen molar-refractivity contribution in [1.29, 1.82) is 0 Å². The average molecular weight is 444 g/mol. The van der Waals surface area contributed by atoms with Crippen LogP contribution in [-0.2, 0) is 0 Å². The first kappa shape index (κ1) is 11.1. The number of hydrogen-bond acceptors (Lipinski definition) is 2. The van der Waals surface area contributed by atoms with Crippen LogP contribution in [0.15, 0.2) is 30.8 Å². The normalized spacial score (nSPS) is 10.4. The lowest BCUT2D eigenvalue weighted by Gasteiger charge is -1.97. The van der Waals surface area contributed by atoms with E-state index < -0.39 is 0 Å². The van der Waals surface area contributed by atoms with E-state index in [1.807, 2.05) is 0 Å². The summed E-state index contributed by atoms with van der Waals surface area (Å²) in [5, 5.41) is 0. The Hall–Kier alpha value is 0.600. The first-order valence-electron chi connectivity index (χ1n) is 3.87. The number of thiophene rings is 2. The molecule has 0 amide bonds. The summed E-state index contributed by atoms with van der Waals surface area (Å²) in [4.78, 5) is 2.54. The van der Waals surface area contributed by atoms with Crippen LogP contribution in [0.25, 0.3) is 5.57 Å². The summed E-state index contributed by atoms with van der Waals surface area (Å²) in [5.41, 5.74) is 1.14. The van der Waals surface area contributed by atoms with Crippen LogP contribution in [0, 0.1) is 5.77 Å². The maximum Gasteiger partial charge on any atom is 0.0660 e. The molecule has 0 bridgehead atoms.